The number of pyridine rings is 1. The second-order valence-electron chi connectivity index (χ2n) is 5.30. The molecule has 0 aromatic carbocycles. The Hall–Kier alpha value is -1.58. The first-order valence-corrected chi connectivity index (χ1v) is 7.21. The maximum absolute atomic E-state index is 12.1. The molecule has 4 heteroatoms. The number of carbonyl (C=O) groups is 1. The minimum absolute atomic E-state index is 0.0257. The summed E-state index contributed by atoms with van der Waals surface area (Å²) in [6.07, 6.45) is 7.18. The molecule has 19 heavy (non-hydrogen) atoms. The molecule has 1 aliphatic rings. The van der Waals surface area contributed by atoms with Gasteiger partial charge in [-0.1, -0.05) is 13.8 Å². The number of amides is 1. The zero-order valence-corrected chi connectivity index (χ0v) is 11.8. The molecule has 1 aliphatic carbocycles. The van der Waals surface area contributed by atoms with Crippen molar-refractivity contribution in [3.05, 3.63) is 24.0 Å². The van der Waals surface area contributed by atoms with Gasteiger partial charge in [-0.05, 0) is 44.2 Å². The van der Waals surface area contributed by atoms with E-state index in [1.807, 2.05) is 6.07 Å². The predicted octanol–water partition coefficient (Wildman–Crippen LogP) is 2.97. The van der Waals surface area contributed by atoms with E-state index in [4.69, 9.17) is 0 Å². The lowest BCUT2D eigenvalue weighted by atomic mass is 9.75. The van der Waals surface area contributed by atoms with Crippen LogP contribution in [0.5, 0.6) is 0 Å². The van der Waals surface area contributed by atoms with Gasteiger partial charge in [0.2, 0.25) is 0 Å². The van der Waals surface area contributed by atoms with Gasteiger partial charge in [0, 0.05) is 12.1 Å². The fourth-order valence-corrected chi connectivity index (χ4v) is 2.38. The first-order chi connectivity index (χ1) is 9.19. The van der Waals surface area contributed by atoms with Gasteiger partial charge >= 0.3 is 0 Å². The number of rotatable bonds is 6. The quantitative estimate of drug-likeness (QED) is 0.827. The highest BCUT2D eigenvalue weighted by Gasteiger charge is 2.36. The number of hydrogen-bond acceptors (Lipinski definition) is 3. The van der Waals surface area contributed by atoms with Crippen molar-refractivity contribution in [3.8, 4) is 0 Å². The first-order valence-electron chi connectivity index (χ1n) is 7.21. The van der Waals surface area contributed by atoms with Gasteiger partial charge in [-0.15, -0.1) is 0 Å². The molecular formula is C15H23N3O. The topological polar surface area (TPSA) is 54.0 Å². The summed E-state index contributed by atoms with van der Waals surface area (Å²) >= 11 is 0. The van der Waals surface area contributed by atoms with Crippen LogP contribution in [0.2, 0.25) is 0 Å². The third-order valence-electron chi connectivity index (χ3n) is 3.94. The minimum atomic E-state index is -0.0522. The van der Waals surface area contributed by atoms with E-state index >= 15 is 0 Å². The van der Waals surface area contributed by atoms with Crippen LogP contribution in [0.4, 0.5) is 5.69 Å². The van der Waals surface area contributed by atoms with Gasteiger partial charge in [0.15, 0.2) is 0 Å². The largest absolute Gasteiger partial charge is 0.384 e. The van der Waals surface area contributed by atoms with Crippen LogP contribution in [0, 0.1) is 0 Å². The fraction of sp³-hybridized carbons (Fsp3) is 0.600. The second-order valence-corrected chi connectivity index (χ2v) is 5.30. The number of anilines is 1. The summed E-state index contributed by atoms with van der Waals surface area (Å²) in [5.74, 6) is -0.0522. The molecule has 1 amide bonds. The maximum atomic E-state index is 12.1. The van der Waals surface area contributed by atoms with Crippen LogP contribution in [0.15, 0.2) is 18.3 Å². The average molecular weight is 261 g/mol. The van der Waals surface area contributed by atoms with Crippen molar-refractivity contribution in [2.45, 2.75) is 51.5 Å². The van der Waals surface area contributed by atoms with Crippen LogP contribution in [-0.2, 0) is 0 Å². The molecule has 2 N–H and O–H groups in total. The van der Waals surface area contributed by atoms with Crippen molar-refractivity contribution in [2.24, 2.45) is 0 Å². The fourth-order valence-electron chi connectivity index (χ4n) is 2.38. The SMILES string of the molecule is CCCNc1ccc(C(=O)NC2(CC)CCC2)nc1. The lowest BCUT2D eigenvalue weighted by Gasteiger charge is -2.41. The van der Waals surface area contributed by atoms with Crippen molar-refractivity contribution in [3.63, 3.8) is 0 Å². The molecule has 0 saturated heterocycles. The molecule has 1 heterocycles. The third-order valence-corrected chi connectivity index (χ3v) is 3.94. The van der Waals surface area contributed by atoms with E-state index in [2.05, 4.69) is 29.5 Å². The normalized spacial score (nSPS) is 16.5. The lowest BCUT2D eigenvalue weighted by Crippen LogP contribution is -2.53. The Balaban J connectivity index is 1.95. The first kappa shape index (κ1) is 13.8. The van der Waals surface area contributed by atoms with Crippen molar-refractivity contribution in [1.82, 2.24) is 10.3 Å². The standard InChI is InChI=1S/C15H23N3O/c1-3-10-16-12-6-7-13(17-11-12)14(19)18-15(4-2)8-5-9-15/h6-7,11,16H,3-5,8-10H2,1-2H3,(H,18,19). The molecule has 0 unspecified atom stereocenters. The number of aromatic nitrogens is 1. The zero-order valence-electron chi connectivity index (χ0n) is 11.8. The highest BCUT2D eigenvalue weighted by molar-refractivity contribution is 5.93. The average Bonchev–Trinajstić information content (AvgIpc) is 2.41. The molecule has 1 aromatic rings. The second kappa shape index (κ2) is 6.04. The Kier molecular flexibility index (Phi) is 4.40. The summed E-state index contributed by atoms with van der Waals surface area (Å²) in [7, 11) is 0. The summed E-state index contributed by atoms with van der Waals surface area (Å²) in [6.45, 7) is 5.17. The molecule has 1 fully saturated rings. The number of nitrogens with one attached hydrogen (secondary N) is 2. The number of carbonyl (C=O) groups excluding carboxylic acids is 1. The third kappa shape index (κ3) is 3.25. The Morgan fingerprint density at radius 2 is 2.16 bits per heavy atom. The van der Waals surface area contributed by atoms with Crippen LogP contribution in [0.1, 0.15) is 56.4 Å². The molecular weight excluding hydrogens is 238 g/mol. The van der Waals surface area contributed by atoms with E-state index in [0.717, 1.165) is 37.9 Å². The van der Waals surface area contributed by atoms with E-state index in [0.29, 0.717) is 5.69 Å². The molecule has 1 saturated carbocycles. The summed E-state index contributed by atoms with van der Waals surface area (Å²) in [6, 6.07) is 3.70. The summed E-state index contributed by atoms with van der Waals surface area (Å²) < 4.78 is 0. The van der Waals surface area contributed by atoms with Gasteiger partial charge in [-0.2, -0.15) is 0 Å². The predicted molar refractivity (Wildman–Crippen MR) is 77.4 cm³/mol. The molecule has 0 aliphatic heterocycles. The monoisotopic (exact) mass is 261 g/mol. The van der Waals surface area contributed by atoms with E-state index in [1.165, 1.54) is 6.42 Å². The van der Waals surface area contributed by atoms with Crippen molar-refractivity contribution >= 4 is 11.6 Å². The Morgan fingerprint density at radius 1 is 1.37 bits per heavy atom. The van der Waals surface area contributed by atoms with E-state index in [9.17, 15) is 4.79 Å². The molecule has 1 aromatic heterocycles. The summed E-state index contributed by atoms with van der Waals surface area (Å²) in [5, 5.41) is 6.38. The molecule has 104 valence electrons. The van der Waals surface area contributed by atoms with Crippen LogP contribution >= 0.6 is 0 Å². The number of nitrogens with zero attached hydrogens (tertiary/aromatic N) is 1. The van der Waals surface area contributed by atoms with Crippen LogP contribution in [0.3, 0.4) is 0 Å². The molecule has 0 atom stereocenters. The Labute approximate surface area is 115 Å². The van der Waals surface area contributed by atoms with Crippen LogP contribution in [-0.4, -0.2) is 23.0 Å². The van der Waals surface area contributed by atoms with Gasteiger partial charge in [0.05, 0.1) is 11.9 Å². The molecule has 4 nitrogen and oxygen atoms in total. The molecule has 0 bridgehead atoms. The maximum Gasteiger partial charge on any atom is 0.270 e. The minimum Gasteiger partial charge on any atom is -0.384 e. The van der Waals surface area contributed by atoms with E-state index in [-0.39, 0.29) is 11.4 Å². The highest BCUT2D eigenvalue weighted by Crippen LogP contribution is 2.34. The van der Waals surface area contributed by atoms with Gasteiger partial charge in [-0.3, -0.25) is 4.79 Å². The van der Waals surface area contributed by atoms with Gasteiger partial charge in [-0.25, -0.2) is 4.98 Å². The molecule has 2 rings (SSSR count). The number of hydrogen-bond donors (Lipinski definition) is 2. The van der Waals surface area contributed by atoms with Crippen LogP contribution in [0.25, 0.3) is 0 Å². The lowest BCUT2D eigenvalue weighted by molar-refractivity contribution is 0.0815. The van der Waals surface area contributed by atoms with Crippen LogP contribution < -0.4 is 10.6 Å². The zero-order chi connectivity index (χ0) is 13.7. The van der Waals surface area contributed by atoms with E-state index in [1.54, 1.807) is 12.3 Å². The van der Waals surface area contributed by atoms with Crippen molar-refractivity contribution < 1.29 is 4.79 Å². The molecule has 0 radical (unpaired) electrons. The van der Waals surface area contributed by atoms with Gasteiger partial charge < -0.3 is 10.6 Å². The van der Waals surface area contributed by atoms with Gasteiger partial charge in [0.25, 0.3) is 5.91 Å². The van der Waals surface area contributed by atoms with Crippen molar-refractivity contribution in [1.29, 1.82) is 0 Å². The van der Waals surface area contributed by atoms with Gasteiger partial charge in [0.1, 0.15) is 5.69 Å². The van der Waals surface area contributed by atoms with E-state index < -0.39 is 0 Å². The highest BCUT2D eigenvalue weighted by atomic mass is 16.2. The summed E-state index contributed by atoms with van der Waals surface area (Å²) in [4.78, 5) is 16.4. The molecule has 0 spiro atoms. The Bertz CT molecular complexity index is 418. The summed E-state index contributed by atoms with van der Waals surface area (Å²) in [5.41, 5.74) is 1.49. The Morgan fingerprint density at radius 3 is 2.63 bits per heavy atom. The van der Waals surface area contributed by atoms with Crippen molar-refractivity contribution in [2.75, 3.05) is 11.9 Å². The smallest absolute Gasteiger partial charge is 0.270 e.